The lowest BCUT2D eigenvalue weighted by atomic mass is 9.85. The molecule has 4 aliphatic rings. The molecule has 3 saturated heterocycles. The quantitative estimate of drug-likeness (QED) is 0.0665. The zero-order valence-corrected chi connectivity index (χ0v) is 45.4. The summed E-state index contributed by atoms with van der Waals surface area (Å²) in [6.07, 6.45) is 9.40. The number of ether oxygens (including phenoxy) is 2. The Morgan fingerprint density at radius 3 is 2.30 bits per heavy atom. The Morgan fingerprint density at radius 1 is 0.818 bits per heavy atom. The fourth-order valence-electron chi connectivity index (χ4n) is 10.6. The molecule has 2 unspecified atom stereocenters. The van der Waals surface area contributed by atoms with Gasteiger partial charge in [0.1, 0.15) is 18.2 Å². The molecule has 404 valence electrons. The van der Waals surface area contributed by atoms with Gasteiger partial charge in [0.2, 0.25) is 23.7 Å². The van der Waals surface area contributed by atoms with E-state index >= 15 is 0 Å². The molecule has 0 radical (unpaired) electrons. The number of nitrogens with zero attached hydrogens (tertiary/aromatic N) is 8. The smallest absolute Gasteiger partial charge is 0.411 e. The van der Waals surface area contributed by atoms with Crippen LogP contribution in [-0.2, 0) is 30.5 Å². The number of benzene rings is 2. The lowest BCUT2D eigenvalue weighted by Gasteiger charge is -2.35. The van der Waals surface area contributed by atoms with Crippen molar-refractivity contribution in [2.24, 2.45) is 5.41 Å². The molecule has 2 bridgehead atoms. The van der Waals surface area contributed by atoms with E-state index in [1.54, 1.807) is 17.5 Å². The molecule has 22 heteroatoms. The zero-order valence-electron chi connectivity index (χ0n) is 43.8. The Bertz CT molecular complexity index is 3140. The van der Waals surface area contributed by atoms with E-state index in [1.807, 2.05) is 88.7 Å². The molecule has 1 saturated carbocycles. The van der Waals surface area contributed by atoms with Crippen molar-refractivity contribution < 1.29 is 38.6 Å². The average molecular weight is 1090 g/mol. The number of thiazole rings is 2. The second-order valence-corrected chi connectivity index (χ2v) is 23.4. The van der Waals surface area contributed by atoms with Gasteiger partial charge in [0, 0.05) is 56.4 Å². The standard InChI is InChI=1S/C55H64N12O8S2/c1-31-43(62-54(73)75-40-9-7-6-8-10-40)17-36(22-56-31)35-15-16-42-45(18-35)77-53(61-42)64-46(69)28-65-25-38-19-37(65)26-66(38)52-58-23-41(24-59-52)74-29-47(70)63-49(55(3,4)5)51(72)67-27-39(68)20-44(67)50(71)57-21-33-11-13-34(14-12-33)48-32(2)60-30-76-48/h11-18,22-24,30,37-40,44,49,68H,6-10,19-21,25-29H2,1-5H3,(H,57,71)(H,62,73)(H,63,70)(H,61,64,69)/t37?,38?,39-,44+,49-/m1/s1. The summed E-state index contributed by atoms with van der Waals surface area (Å²) in [6, 6.07) is 13.9. The molecule has 0 spiro atoms. The van der Waals surface area contributed by atoms with Crippen LogP contribution in [0.4, 0.5) is 21.6 Å². The topological polar surface area (TPSA) is 246 Å². The van der Waals surface area contributed by atoms with E-state index in [2.05, 4.69) is 56.0 Å². The molecular formula is C55H64N12O8S2. The monoisotopic (exact) mass is 1080 g/mol. The van der Waals surface area contributed by atoms with E-state index in [0.717, 1.165) is 75.1 Å². The van der Waals surface area contributed by atoms with E-state index in [9.17, 15) is 29.1 Å². The number of likely N-dealkylation sites (tertiary alicyclic amines) is 2. The molecule has 3 aliphatic heterocycles. The summed E-state index contributed by atoms with van der Waals surface area (Å²) in [7, 11) is 0. The number of fused-ring (bicyclic) bond motifs is 3. The third-order valence-corrected chi connectivity index (χ3v) is 16.7. The van der Waals surface area contributed by atoms with Crippen LogP contribution in [0.15, 0.2) is 72.6 Å². The molecule has 5 amide bonds. The minimum absolute atomic E-state index is 0.0422. The summed E-state index contributed by atoms with van der Waals surface area (Å²) >= 11 is 2.96. The molecule has 5 N–H and O–H groups in total. The van der Waals surface area contributed by atoms with Crippen molar-refractivity contribution in [2.45, 2.75) is 122 Å². The van der Waals surface area contributed by atoms with Crippen LogP contribution in [0.3, 0.4) is 0 Å². The molecule has 10 rings (SSSR count). The largest absolute Gasteiger partial charge is 0.481 e. The van der Waals surface area contributed by atoms with E-state index in [1.165, 1.54) is 35.1 Å². The van der Waals surface area contributed by atoms with Crippen molar-refractivity contribution in [3.05, 3.63) is 89.6 Å². The lowest BCUT2D eigenvalue weighted by Crippen LogP contribution is -2.58. The van der Waals surface area contributed by atoms with Gasteiger partial charge in [-0.15, -0.1) is 11.3 Å². The molecule has 5 atom stereocenters. The van der Waals surface area contributed by atoms with E-state index < -0.39 is 48.1 Å². The van der Waals surface area contributed by atoms with Gasteiger partial charge in [-0.2, -0.15) is 0 Å². The van der Waals surface area contributed by atoms with Gasteiger partial charge >= 0.3 is 6.09 Å². The number of aryl methyl sites for hydroxylation is 2. The fourth-order valence-corrected chi connectivity index (χ4v) is 12.4. The summed E-state index contributed by atoms with van der Waals surface area (Å²) in [4.78, 5) is 96.5. The first-order valence-electron chi connectivity index (χ1n) is 26.2. The van der Waals surface area contributed by atoms with Gasteiger partial charge in [-0.3, -0.25) is 34.4 Å². The Balaban J connectivity index is 0.674. The maximum Gasteiger partial charge on any atom is 0.411 e. The van der Waals surface area contributed by atoms with Crippen LogP contribution < -0.4 is 30.9 Å². The highest BCUT2D eigenvalue weighted by Crippen LogP contribution is 2.36. The normalized spacial score (nSPS) is 20.0. The number of β-amino-alcohol motifs (C(OH)–C–C–N with tert-alkyl or cyclic N) is 1. The number of hydrogen-bond donors (Lipinski definition) is 5. The molecular weight excluding hydrogens is 1020 g/mol. The summed E-state index contributed by atoms with van der Waals surface area (Å²) in [5.41, 5.74) is 7.71. The minimum Gasteiger partial charge on any atom is -0.481 e. The van der Waals surface area contributed by atoms with Crippen LogP contribution in [0, 0.1) is 19.3 Å². The number of amides is 5. The number of aromatic nitrogens is 5. The molecule has 2 aromatic carbocycles. The van der Waals surface area contributed by atoms with Gasteiger partial charge in [-0.25, -0.2) is 24.7 Å². The molecule has 20 nitrogen and oxygen atoms in total. The first kappa shape index (κ1) is 53.3. The Morgan fingerprint density at radius 2 is 1.58 bits per heavy atom. The average Bonchev–Trinajstić information content (AvgIpc) is 4.29. The third-order valence-electron chi connectivity index (χ3n) is 14.8. The molecule has 4 aromatic heterocycles. The zero-order chi connectivity index (χ0) is 54.0. The number of aliphatic hydroxyl groups is 1. The van der Waals surface area contributed by atoms with Crippen molar-refractivity contribution in [1.82, 2.24) is 45.4 Å². The fraction of sp³-hybridized carbons (Fsp3) is 0.455. The highest BCUT2D eigenvalue weighted by molar-refractivity contribution is 7.22. The van der Waals surface area contributed by atoms with Gasteiger partial charge in [-0.1, -0.05) is 68.9 Å². The summed E-state index contributed by atoms with van der Waals surface area (Å²) in [5.74, 6) is -0.777. The van der Waals surface area contributed by atoms with Crippen molar-refractivity contribution >= 4 is 79.4 Å². The molecule has 1 aliphatic carbocycles. The van der Waals surface area contributed by atoms with Gasteiger partial charge in [0.25, 0.3) is 5.91 Å². The third kappa shape index (κ3) is 12.5. The molecule has 77 heavy (non-hydrogen) atoms. The number of anilines is 3. The van der Waals surface area contributed by atoms with Crippen LogP contribution >= 0.6 is 22.7 Å². The summed E-state index contributed by atoms with van der Waals surface area (Å²) in [6.45, 7) is 10.6. The van der Waals surface area contributed by atoms with Crippen LogP contribution in [0.25, 0.3) is 31.8 Å². The second kappa shape index (κ2) is 22.8. The Hall–Kier alpha value is -7.14. The van der Waals surface area contributed by atoms with E-state index in [4.69, 9.17) is 9.47 Å². The summed E-state index contributed by atoms with van der Waals surface area (Å²) in [5, 5.41) is 22.8. The van der Waals surface area contributed by atoms with Crippen LogP contribution in [-0.4, -0.2) is 139 Å². The van der Waals surface area contributed by atoms with E-state index in [-0.39, 0.29) is 61.8 Å². The number of carbonyl (C=O) groups is 5. The highest BCUT2D eigenvalue weighted by atomic mass is 32.1. The van der Waals surface area contributed by atoms with Crippen LogP contribution in [0.5, 0.6) is 5.75 Å². The minimum atomic E-state index is -1.02. The van der Waals surface area contributed by atoms with Crippen LogP contribution in [0.1, 0.15) is 82.7 Å². The lowest BCUT2D eigenvalue weighted by molar-refractivity contribution is -0.144. The molecule has 7 heterocycles. The van der Waals surface area contributed by atoms with Crippen molar-refractivity contribution in [1.29, 1.82) is 0 Å². The van der Waals surface area contributed by atoms with Gasteiger partial charge < -0.3 is 40.3 Å². The molecule has 4 fully saturated rings. The number of rotatable bonds is 16. The van der Waals surface area contributed by atoms with Crippen molar-refractivity contribution in [3.8, 4) is 27.3 Å². The first-order valence-corrected chi connectivity index (χ1v) is 27.9. The SMILES string of the molecule is Cc1ncc(-c2ccc3nc(NC(=O)CN4CC5CC4CN5c4ncc(OCC(=O)N[C@H](C(=O)N5C[C@H](O)C[C@H]5C(=O)NCc5ccc(-c6scnc6C)cc5)C(C)(C)C)cn4)sc3c2)cc1NC(=O)OC1CCCCC1. The Labute approximate surface area is 454 Å². The molecule has 6 aromatic rings. The maximum atomic E-state index is 14.1. The number of nitrogens with one attached hydrogen (secondary N) is 4. The first-order chi connectivity index (χ1) is 37.0. The van der Waals surface area contributed by atoms with Crippen LogP contribution in [0.2, 0.25) is 0 Å². The van der Waals surface area contributed by atoms with Gasteiger partial charge in [-0.05, 0) is 86.3 Å². The number of carbonyl (C=O) groups excluding carboxylic acids is 5. The van der Waals surface area contributed by atoms with Crippen molar-refractivity contribution in [3.63, 3.8) is 0 Å². The predicted octanol–water partition coefficient (Wildman–Crippen LogP) is 6.86. The second-order valence-electron chi connectivity index (χ2n) is 21.5. The highest BCUT2D eigenvalue weighted by Gasteiger charge is 2.46. The van der Waals surface area contributed by atoms with Gasteiger partial charge in [0.05, 0.1) is 62.7 Å². The maximum absolute atomic E-state index is 14.1. The van der Waals surface area contributed by atoms with Crippen molar-refractivity contribution in [2.75, 3.05) is 48.3 Å². The Kier molecular flexibility index (Phi) is 15.8. The van der Waals surface area contributed by atoms with Gasteiger partial charge in [0.15, 0.2) is 17.5 Å². The predicted molar refractivity (Wildman–Crippen MR) is 293 cm³/mol. The number of pyridine rings is 1. The number of hydrogen-bond acceptors (Lipinski definition) is 17. The summed E-state index contributed by atoms with van der Waals surface area (Å²) < 4.78 is 12.4. The number of aliphatic hydroxyl groups excluding tert-OH is 1. The number of piperazine rings is 1. The van der Waals surface area contributed by atoms with E-state index in [0.29, 0.717) is 35.6 Å².